The Kier molecular flexibility index (Phi) is 8.98. The molecule has 0 bridgehead atoms. The second-order valence-corrected chi connectivity index (χ2v) is 6.70. The van der Waals surface area contributed by atoms with Crippen LogP contribution < -0.4 is 20.7 Å². The molecule has 0 spiro atoms. The Labute approximate surface area is 171 Å². The van der Waals surface area contributed by atoms with Gasteiger partial charge in [-0.05, 0) is 49.4 Å². The van der Waals surface area contributed by atoms with Crippen LogP contribution in [0.1, 0.15) is 20.8 Å². The van der Waals surface area contributed by atoms with Gasteiger partial charge in [0.1, 0.15) is 12.4 Å². The minimum absolute atomic E-state index is 0.0690. The highest BCUT2D eigenvalue weighted by Crippen LogP contribution is 2.17. The third-order valence-corrected chi connectivity index (χ3v) is 3.95. The van der Waals surface area contributed by atoms with E-state index in [0.29, 0.717) is 31.2 Å². The van der Waals surface area contributed by atoms with Crippen LogP contribution in [-0.2, 0) is 14.3 Å². The summed E-state index contributed by atoms with van der Waals surface area (Å²) in [5.41, 5.74) is 2.08. The molecule has 2 amide bonds. The van der Waals surface area contributed by atoms with E-state index in [9.17, 15) is 9.59 Å². The van der Waals surface area contributed by atoms with E-state index >= 15 is 0 Å². The van der Waals surface area contributed by atoms with E-state index in [-0.39, 0.29) is 24.3 Å². The van der Waals surface area contributed by atoms with Gasteiger partial charge in [-0.1, -0.05) is 19.9 Å². The number of nitrogens with one attached hydrogen (secondary N) is 3. The Bertz CT molecular complexity index is 791. The van der Waals surface area contributed by atoms with Crippen LogP contribution in [0.3, 0.4) is 0 Å². The van der Waals surface area contributed by atoms with Crippen molar-refractivity contribution in [3.05, 3.63) is 48.5 Å². The van der Waals surface area contributed by atoms with Gasteiger partial charge in [-0.25, -0.2) is 0 Å². The molecular formula is C22H29N3O4. The fourth-order valence-electron chi connectivity index (χ4n) is 2.38. The lowest BCUT2D eigenvalue weighted by molar-refractivity contribution is -0.119. The molecule has 0 heterocycles. The fraction of sp³-hybridized carbons (Fsp3) is 0.364. The third kappa shape index (κ3) is 8.23. The number of rotatable bonds is 11. The molecule has 7 nitrogen and oxygen atoms in total. The van der Waals surface area contributed by atoms with Crippen molar-refractivity contribution in [2.45, 2.75) is 20.8 Å². The molecule has 2 aromatic rings. The van der Waals surface area contributed by atoms with Crippen molar-refractivity contribution in [3.8, 4) is 5.75 Å². The smallest absolute Gasteiger partial charge is 0.243 e. The van der Waals surface area contributed by atoms with Crippen LogP contribution in [-0.4, -0.2) is 38.2 Å². The minimum atomic E-state index is -0.186. The quantitative estimate of drug-likeness (QED) is 0.501. The van der Waals surface area contributed by atoms with Crippen molar-refractivity contribution in [1.82, 2.24) is 0 Å². The number of amides is 2. The SMILES string of the molecule is CCOCCOc1ccc(NCC(=O)Nc2cccc(NC(=O)C(C)C)c2)cc1. The zero-order chi connectivity index (χ0) is 21.1. The molecule has 7 heteroatoms. The predicted molar refractivity (Wildman–Crippen MR) is 115 cm³/mol. The number of carbonyl (C=O) groups is 2. The van der Waals surface area contributed by atoms with Crippen molar-refractivity contribution < 1.29 is 19.1 Å². The Morgan fingerprint density at radius 3 is 2.28 bits per heavy atom. The fourth-order valence-corrected chi connectivity index (χ4v) is 2.38. The van der Waals surface area contributed by atoms with Crippen LogP contribution >= 0.6 is 0 Å². The average molecular weight is 399 g/mol. The van der Waals surface area contributed by atoms with Crippen LogP contribution in [0.15, 0.2) is 48.5 Å². The van der Waals surface area contributed by atoms with Crippen LogP contribution in [0.2, 0.25) is 0 Å². The molecule has 0 saturated heterocycles. The number of carbonyl (C=O) groups excluding carboxylic acids is 2. The van der Waals surface area contributed by atoms with E-state index in [1.54, 1.807) is 24.3 Å². The highest BCUT2D eigenvalue weighted by Gasteiger charge is 2.08. The van der Waals surface area contributed by atoms with Crippen molar-refractivity contribution >= 4 is 28.9 Å². The Balaban J connectivity index is 1.79. The van der Waals surface area contributed by atoms with E-state index in [4.69, 9.17) is 9.47 Å². The standard InChI is InChI=1S/C22H29N3O4/c1-4-28-12-13-29-20-10-8-17(9-11-20)23-15-21(26)24-18-6-5-7-19(14-18)25-22(27)16(2)3/h5-11,14,16,23H,4,12-13,15H2,1-3H3,(H,24,26)(H,25,27). The van der Waals surface area contributed by atoms with Gasteiger partial charge in [0.05, 0.1) is 13.2 Å². The molecule has 156 valence electrons. The summed E-state index contributed by atoms with van der Waals surface area (Å²) in [6, 6.07) is 14.5. The molecule has 29 heavy (non-hydrogen) atoms. The molecule has 0 atom stereocenters. The van der Waals surface area contributed by atoms with Crippen LogP contribution in [0.4, 0.5) is 17.1 Å². The first-order valence-corrected chi connectivity index (χ1v) is 9.73. The molecule has 3 N–H and O–H groups in total. The maximum absolute atomic E-state index is 12.2. The van der Waals surface area contributed by atoms with Gasteiger partial charge in [-0.15, -0.1) is 0 Å². The molecule has 0 radical (unpaired) electrons. The van der Waals surface area contributed by atoms with Crippen molar-refractivity contribution in [2.24, 2.45) is 5.92 Å². The number of benzene rings is 2. The van der Waals surface area contributed by atoms with Gasteiger partial charge in [0, 0.05) is 29.6 Å². The topological polar surface area (TPSA) is 88.7 Å². The lowest BCUT2D eigenvalue weighted by Crippen LogP contribution is -2.22. The summed E-state index contributed by atoms with van der Waals surface area (Å²) in [7, 11) is 0. The lowest BCUT2D eigenvalue weighted by Gasteiger charge is -2.11. The van der Waals surface area contributed by atoms with Crippen molar-refractivity contribution in [1.29, 1.82) is 0 Å². The molecule has 2 rings (SSSR count). The molecule has 0 fully saturated rings. The van der Waals surface area contributed by atoms with Crippen LogP contribution in [0.5, 0.6) is 5.75 Å². The Hall–Kier alpha value is -3.06. The first kappa shape index (κ1) is 22.2. The van der Waals surface area contributed by atoms with Gasteiger partial charge in [-0.3, -0.25) is 9.59 Å². The van der Waals surface area contributed by atoms with E-state index in [1.807, 2.05) is 45.0 Å². The van der Waals surface area contributed by atoms with E-state index < -0.39 is 0 Å². The maximum atomic E-state index is 12.2. The molecule has 0 unspecified atom stereocenters. The summed E-state index contributed by atoms with van der Waals surface area (Å²) in [4.78, 5) is 24.0. The number of hydrogen-bond donors (Lipinski definition) is 3. The molecule has 0 aliphatic heterocycles. The van der Waals surface area contributed by atoms with Gasteiger partial charge in [0.25, 0.3) is 0 Å². The lowest BCUT2D eigenvalue weighted by atomic mass is 10.2. The van der Waals surface area contributed by atoms with Crippen LogP contribution in [0, 0.1) is 5.92 Å². The molecule has 0 aliphatic rings. The minimum Gasteiger partial charge on any atom is -0.491 e. The zero-order valence-corrected chi connectivity index (χ0v) is 17.2. The summed E-state index contributed by atoms with van der Waals surface area (Å²) in [5, 5.41) is 8.70. The highest BCUT2D eigenvalue weighted by molar-refractivity contribution is 5.96. The number of ether oxygens (including phenoxy) is 2. The molecule has 0 saturated carbocycles. The van der Waals surface area contributed by atoms with Gasteiger partial charge < -0.3 is 25.4 Å². The van der Waals surface area contributed by atoms with E-state index in [0.717, 1.165) is 11.4 Å². The molecule has 0 aromatic heterocycles. The summed E-state index contributed by atoms with van der Waals surface area (Å²) in [5.74, 6) is 0.383. The monoisotopic (exact) mass is 399 g/mol. The van der Waals surface area contributed by atoms with Gasteiger partial charge >= 0.3 is 0 Å². The maximum Gasteiger partial charge on any atom is 0.243 e. The first-order chi connectivity index (χ1) is 14.0. The van der Waals surface area contributed by atoms with Gasteiger partial charge in [0.2, 0.25) is 11.8 Å². The van der Waals surface area contributed by atoms with E-state index in [2.05, 4.69) is 16.0 Å². The van der Waals surface area contributed by atoms with E-state index in [1.165, 1.54) is 0 Å². The number of hydrogen-bond acceptors (Lipinski definition) is 5. The Morgan fingerprint density at radius 1 is 0.931 bits per heavy atom. The average Bonchev–Trinajstić information content (AvgIpc) is 2.71. The van der Waals surface area contributed by atoms with Gasteiger partial charge in [-0.2, -0.15) is 0 Å². The van der Waals surface area contributed by atoms with Crippen molar-refractivity contribution in [2.75, 3.05) is 42.3 Å². The molecule has 0 aliphatic carbocycles. The summed E-state index contributed by atoms with van der Waals surface area (Å²) < 4.78 is 10.8. The normalized spacial score (nSPS) is 10.5. The first-order valence-electron chi connectivity index (χ1n) is 9.73. The van der Waals surface area contributed by atoms with Crippen LogP contribution in [0.25, 0.3) is 0 Å². The second kappa shape index (κ2) is 11.7. The predicted octanol–water partition coefficient (Wildman–Crippen LogP) is 3.75. The molecular weight excluding hydrogens is 370 g/mol. The summed E-state index contributed by atoms with van der Waals surface area (Å²) in [6.45, 7) is 7.44. The summed E-state index contributed by atoms with van der Waals surface area (Å²) >= 11 is 0. The van der Waals surface area contributed by atoms with Crippen molar-refractivity contribution in [3.63, 3.8) is 0 Å². The highest BCUT2D eigenvalue weighted by atomic mass is 16.5. The zero-order valence-electron chi connectivity index (χ0n) is 17.2. The third-order valence-electron chi connectivity index (χ3n) is 3.95. The Morgan fingerprint density at radius 2 is 1.62 bits per heavy atom. The molecule has 2 aromatic carbocycles. The van der Waals surface area contributed by atoms with Gasteiger partial charge in [0.15, 0.2) is 0 Å². The summed E-state index contributed by atoms with van der Waals surface area (Å²) in [6.07, 6.45) is 0. The largest absolute Gasteiger partial charge is 0.491 e. The number of anilines is 3. The second-order valence-electron chi connectivity index (χ2n) is 6.70.